The van der Waals surface area contributed by atoms with Crippen molar-refractivity contribution >= 4 is 25.9 Å². The van der Waals surface area contributed by atoms with E-state index in [0.717, 1.165) is 0 Å². The summed E-state index contributed by atoms with van der Waals surface area (Å²) in [5, 5.41) is 0.268. The van der Waals surface area contributed by atoms with Crippen LogP contribution < -0.4 is 4.89 Å². The van der Waals surface area contributed by atoms with Crippen LogP contribution in [0.2, 0.25) is 0 Å². The van der Waals surface area contributed by atoms with Crippen molar-refractivity contribution in [1.29, 1.82) is 0 Å². The molecule has 0 rings (SSSR count). The Morgan fingerprint density at radius 1 is 1.17 bits per heavy atom. The molecule has 0 aromatic heterocycles. The third kappa shape index (κ3) is 6.81. The van der Waals surface area contributed by atoms with Gasteiger partial charge in [0.2, 0.25) is 0 Å². The van der Waals surface area contributed by atoms with Crippen LogP contribution in [0.3, 0.4) is 0 Å². The molecule has 0 saturated heterocycles. The van der Waals surface area contributed by atoms with E-state index in [4.69, 9.17) is 21.7 Å². The van der Waals surface area contributed by atoms with Gasteiger partial charge in [-0.1, -0.05) is 4.76 Å². The van der Waals surface area contributed by atoms with E-state index in [-0.39, 0.29) is 17.4 Å². The monoisotopic (exact) mass is 295 g/mol. The first kappa shape index (κ1) is 18.0. The van der Waals surface area contributed by atoms with Crippen LogP contribution >= 0.6 is 8.09 Å². The number of hydrogen-bond donors (Lipinski definition) is 0. The van der Waals surface area contributed by atoms with Gasteiger partial charge in [-0.25, -0.2) is 0 Å². The summed E-state index contributed by atoms with van der Waals surface area (Å²) in [5.74, 6) is 0. The second-order valence-corrected chi connectivity index (χ2v) is 6.26. The Bertz CT molecular complexity index is 261. The molecule has 0 aliphatic heterocycles. The highest BCUT2D eigenvalue weighted by atomic mass is 32.1. The minimum Gasteiger partial charge on any atom is -0.739 e. The molecule has 0 aromatic carbocycles. The Morgan fingerprint density at radius 2 is 1.56 bits per heavy atom. The maximum atomic E-state index is 12.5. The van der Waals surface area contributed by atoms with Gasteiger partial charge in [-0.15, -0.1) is 0 Å². The lowest BCUT2D eigenvalue weighted by Gasteiger charge is -2.31. The van der Waals surface area contributed by atoms with Gasteiger partial charge in [-0.2, -0.15) is 9.05 Å². The fourth-order valence-corrected chi connectivity index (χ4v) is 3.37. The second kappa shape index (κ2) is 8.23. The SMILES string of the molecule is CCN(CC)C([S-])=N[P+]([O-])(OC(C)C)OC(C)C. The number of amidine groups is 1. The van der Waals surface area contributed by atoms with E-state index >= 15 is 0 Å². The summed E-state index contributed by atoms with van der Waals surface area (Å²) >= 11 is 5.15. The lowest BCUT2D eigenvalue weighted by molar-refractivity contribution is -0.225. The molecule has 0 bridgehead atoms. The van der Waals surface area contributed by atoms with Gasteiger partial charge >= 0.3 is 8.09 Å². The summed E-state index contributed by atoms with van der Waals surface area (Å²) in [5.41, 5.74) is 0. The van der Waals surface area contributed by atoms with Crippen molar-refractivity contribution in [2.75, 3.05) is 13.1 Å². The van der Waals surface area contributed by atoms with Gasteiger partial charge < -0.3 is 22.4 Å². The molecule has 7 heteroatoms. The zero-order valence-corrected chi connectivity index (χ0v) is 13.8. The number of rotatable bonds is 7. The largest absolute Gasteiger partial charge is 0.739 e. The highest BCUT2D eigenvalue weighted by Crippen LogP contribution is 2.56. The molecule has 0 aromatic rings. The second-order valence-electron chi connectivity index (χ2n) is 4.33. The van der Waals surface area contributed by atoms with Crippen LogP contribution in [0.5, 0.6) is 0 Å². The minimum absolute atomic E-state index is 0.238. The van der Waals surface area contributed by atoms with Crippen LogP contribution in [-0.2, 0) is 21.7 Å². The zero-order valence-electron chi connectivity index (χ0n) is 12.0. The van der Waals surface area contributed by atoms with Gasteiger partial charge in [0.05, 0.1) is 0 Å². The van der Waals surface area contributed by atoms with Crippen molar-refractivity contribution in [3.05, 3.63) is 0 Å². The van der Waals surface area contributed by atoms with Gasteiger partial charge in [0.1, 0.15) is 12.2 Å². The van der Waals surface area contributed by atoms with Crippen LogP contribution in [-0.4, -0.2) is 35.4 Å². The molecular formula is C11H24N2O3PS-. The third-order valence-electron chi connectivity index (χ3n) is 1.93. The van der Waals surface area contributed by atoms with Gasteiger partial charge in [-0.3, -0.25) is 0 Å². The fourth-order valence-electron chi connectivity index (χ4n) is 1.27. The van der Waals surface area contributed by atoms with E-state index in [1.54, 1.807) is 27.7 Å². The first-order valence-electron chi connectivity index (χ1n) is 6.23. The molecular weight excluding hydrogens is 271 g/mol. The van der Waals surface area contributed by atoms with Gasteiger partial charge in [-0.05, 0) is 41.5 Å². The van der Waals surface area contributed by atoms with Crippen molar-refractivity contribution in [2.24, 2.45) is 4.76 Å². The van der Waals surface area contributed by atoms with Crippen molar-refractivity contribution in [3.8, 4) is 0 Å². The van der Waals surface area contributed by atoms with Crippen molar-refractivity contribution in [3.63, 3.8) is 0 Å². The molecule has 0 N–H and O–H groups in total. The quantitative estimate of drug-likeness (QED) is 0.312. The smallest absolute Gasteiger partial charge is 0.360 e. The topological polar surface area (TPSA) is 57.1 Å². The summed E-state index contributed by atoms with van der Waals surface area (Å²) in [6.07, 6.45) is -0.476. The van der Waals surface area contributed by atoms with Crippen molar-refractivity contribution in [1.82, 2.24) is 4.90 Å². The van der Waals surface area contributed by atoms with E-state index in [1.165, 1.54) is 0 Å². The Kier molecular flexibility index (Phi) is 8.23. The lowest BCUT2D eigenvalue weighted by atomic mass is 10.5. The number of hydrogen-bond acceptors (Lipinski definition) is 5. The molecule has 0 aliphatic rings. The zero-order chi connectivity index (χ0) is 14.3. The first-order chi connectivity index (χ1) is 8.24. The van der Waals surface area contributed by atoms with Crippen molar-refractivity contribution < 1.29 is 13.9 Å². The van der Waals surface area contributed by atoms with E-state index < -0.39 is 8.09 Å². The Balaban J connectivity index is 5.01. The van der Waals surface area contributed by atoms with Crippen molar-refractivity contribution in [2.45, 2.75) is 53.8 Å². The maximum absolute atomic E-state index is 12.5. The average molecular weight is 295 g/mol. The van der Waals surface area contributed by atoms with Gasteiger partial charge in [0.25, 0.3) is 0 Å². The van der Waals surface area contributed by atoms with Crippen LogP contribution in [0.4, 0.5) is 0 Å². The van der Waals surface area contributed by atoms with E-state index in [9.17, 15) is 4.89 Å². The third-order valence-corrected chi connectivity index (χ3v) is 4.23. The normalized spacial score (nSPS) is 13.5. The Labute approximate surface area is 117 Å². The predicted molar refractivity (Wildman–Crippen MR) is 77.1 cm³/mol. The summed E-state index contributed by atoms with van der Waals surface area (Å²) in [4.78, 5) is 14.3. The highest BCUT2D eigenvalue weighted by Gasteiger charge is 2.33. The van der Waals surface area contributed by atoms with E-state index in [0.29, 0.717) is 13.1 Å². The first-order valence-corrected chi connectivity index (χ1v) is 8.13. The van der Waals surface area contributed by atoms with Crippen LogP contribution in [0.1, 0.15) is 41.5 Å². The summed E-state index contributed by atoms with van der Waals surface area (Å²) in [6, 6.07) is 0. The Hall–Kier alpha value is -0.0000000000000000694. The van der Waals surface area contributed by atoms with Crippen LogP contribution in [0.15, 0.2) is 4.76 Å². The predicted octanol–water partition coefficient (Wildman–Crippen LogP) is 2.12. The molecule has 0 heterocycles. The molecule has 5 nitrogen and oxygen atoms in total. The van der Waals surface area contributed by atoms with Crippen LogP contribution in [0, 0.1) is 0 Å². The van der Waals surface area contributed by atoms with Crippen LogP contribution in [0.25, 0.3) is 0 Å². The molecule has 0 amide bonds. The summed E-state index contributed by atoms with van der Waals surface area (Å²) in [7, 11) is -3.53. The molecule has 108 valence electrons. The standard InChI is InChI=1S/C11H25N2O3PS/c1-7-13(8-2)11(18)12-17(14,15-9(3)4)16-10(5)6/h9-10H,7-8H2,1-6H3,(H,12,14,18)/p-1. The fraction of sp³-hybridized carbons (Fsp3) is 0.909. The van der Waals surface area contributed by atoms with E-state index in [2.05, 4.69) is 4.76 Å². The number of nitrogens with zero attached hydrogens (tertiary/aromatic N) is 2. The average Bonchev–Trinajstić information content (AvgIpc) is 2.15. The molecule has 0 saturated carbocycles. The molecule has 0 radical (unpaired) electrons. The molecule has 0 unspecified atom stereocenters. The highest BCUT2D eigenvalue weighted by molar-refractivity contribution is 7.78. The Morgan fingerprint density at radius 3 is 1.83 bits per heavy atom. The maximum Gasteiger partial charge on any atom is 0.360 e. The minimum atomic E-state index is -3.53. The molecule has 0 fully saturated rings. The summed E-state index contributed by atoms with van der Waals surface area (Å²) < 4.78 is 14.6. The summed E-state index contributed by atoms with van der Waals surface area (Å²) in [6.45, 7) is 12.5. The van der Waals surface area contributed by atoms with Gasteiger partial charge in [0, 0.05) is 18.3 Å². The van der Waals surface area contributed by atoms with E-state index in [1.807, 2.05) is 18.7 Å². The molecule has 0 atom stereocenters. The van der Waals surface area contributed by atoms with Gasteiger partial charge in [0.15, 0.2) is 0 Å². The lowest BCUT2D eigenvalue weighted by Crippen LogP contribution is -2.31. The molecule has 0 spiro atoms. The molecule has 0 aliphatic carbocycles. The molecule has 18 heavy (non-hydrogen) atoms.